The normalized spacial score (nSPS) is 10.5. The van der Waals surface area contributed by atoms with Crippen LogP contribution in [0.3, 0.4) is 0 Å². The second kappa shape index (κ2) is 7.59. The van der Waals surface area contributed by atoms with Crippen molar-refractivity contribution in [1.82, 2.24) is 0 Å². The SMILES string of the molecule is CCOC(=O)CCCOc1c(C(C)=O)ccc2ccccc12. The summed E-state index contributed by atoms with van der Waals surface area (Å²) in [6.07, 6.45) is 0.868. The van der Waals surface area contributed by atoms with Crippen molar-refractivity contribution in [3.8, 4) is 5.75 Å². The van der Waals surface area contributed by atoms with Crippen molar-refractivity contribution < 1.29 is 19.1 Å². The van der Waals surface area contributed by atoms with E-state index in [-0.39, 0.29) is 11.8 Å². The standard InChI is InChI=1S/C18H20O4/c1-3-21-17(20)9-6-12-22-18-15(13(2)19)11-10-14-7-4-5-8-16(14)18/h4-5,7-8,10-11H,3,6,9,12H2,1-2H3. The molecule has 0 saturated heterocycles. The Bertz CT molecular complexity index is 676. The van der Waals surface area contributed by atoms with Crippen molar-refractivity contribution in [3.63, 3.8) is 0 Å². The predicted octanol–water partition coefficient (Wildman–Crippen LogP) is 3.76. The number of rotatable bonds is 7. The van der Waals surface area contributed by atoms with Gasteiger partial charge >= 0.3 is 5.97 Å². The molecule has 2 aromatic carbocycles. The van der Waals surface area contributed by atoms with E-state index in [0.29, 0.717) is 37.4 Å². The molecule has 4 nitrogen and oxygen atoms in total. The quantitative estimate of drug-likeness (QED) is 0.444. The maximum Gasteiger partial charge on any atom is 0.305 e. The van der Waals surface area contributed by atoms with Gasteiger partial charge in [0.2, 0.25) is 0 Å². The fourth-order valence-electron chi connectivity index (χ4n) is 2.30. The summed E-state index contributed by atoms with van der Waals surface area (Å²) in [5.41, 5.74) is 0.565. The number of carbonyl (C=O) groups is 2. The van der Waals surface area contributed by atoms with Crippen LogP contribution in [-0.2, 0) is 9.53 Å². The maximum absolute atomic E-state index is 11.8. The minimum absolute atomic E-state index is 0.0360. The number of fused-ring (bicyclic) bond motifs is 1. The summed E-state index contributed by atoms with van der Waals surface area (Å²) < 4.78 is 10.7. The molecule has 0 aliphatic heterocycles. The Morgan fingerprint density at radius 2 is 1.86 bits per heavy atom. The van der Waals surface area contributed by atoms with Crippen LogP contribution in [0.4, 0.5) is 0 Å². The molecule has 2 rings (SSSR count). The van der Waals surface area contributed by atoms with Gasteiger partial charge in [-0.3, -0.25) is 9.59 Å². The number of esters is 1. The molecule has 0 fully saturated rings. The molecule has 0 amide bonds. The van der Waals surface area contributed by atoms with E-state index in [9.17, 15) is 9.59 Å². The third-order valence-electron chi connectivity index (χ3n) is 3.34. The van der Waals surface area contributed by atoms with Crippen LogP contribution in [0.2, 0.25) is 0 Å². The number of Topliss-reactive ketones (excluding diaryl/α,β-unsaturated/α-hetero) is 1. The lowest BCUT2D eigenvalue weighted by Crippen LogP contribution is -2.08. The van der Waals surface area contributed by atoms with Crippen LogP contribution < -0.4 is 4.74 Å². The molecule has 0 spiro atoms. The molecule has 0 atom stereocenters. The molecule has 0 aliphatic rings. The number of hydrogen-bond acceptors (Lipinski definition) is 4. The van der Waals surface area contributed by atoms with Crippen molar-refractivity contribution in [1.29, 1.82) is 0 Å². The minimum Gasteiger partial charge on any atom is -0.492 e. The third kappa shape index (κ3) is 3.85. The lowest BCUT2D eigenvalue weighted by molar-refractivity contribution is -0.143. The van der Waals surface area contributed by atoms with Crippen LogP contribution in [0.25, 0.3) is 10.8 Å². The first-order valence-electron chi connectivity index (χ1n) is 7.44. The summed E-state index contributed by atoms with van der Waals surface area (Å²) in [6.45, 7) is 4.06. The van der Waals surface area contributed by atoms with Gasteiger partial charge in [-0.15, -0.1) is 0 Å². The Kier molecular flexibility index (Phi) is 5.53. The molecule has 22 heavy (non-hydrogen) atoms. The fraction of sp³-hybridized carbons (Fsp3) is 0.333. The van der Waals surface area contributed by atoms with Gasteiger partial charge in [0.15, 0.2) is 5.78 Å². The first-order chi connectivity index (χ1) is 10.6. The van der Waals surface area contributed by atoms with Crippen molar-refractivity contribution >= 4 is 22.5 Å². The zero-order valence-electron chi connectivity index (χ0n) is 12.9. The van der Waals surface area contributed by atoms with E-state index in [1.165, 1.54) is 6.92 Å². The first kappa shape index (κ1) is 16.0. The average molecular weight is 300 g/mol. The second-order valence-electron chi connectivity index (χ2n) is 4.98. The van der Waals surface area contributed by atoms with Crippen LogP contribution in [0.5, 0.6) is 5.75 Å². The highest BCUT2D eigenvalue weighted by atomic mass is 16.5. The maximum atomic E-state index is 11.8. The van der Waals surface area contributed by atoms with E-state index < -0.39 is 0 Å². The van der Waals surface area contributed by atoms with Gasteiger partial charge in [0, 0.05) is 11.8 Å². The highest BCUT2D eigenvalue weighted by Gasteiger charge is 2.12. The molecule has 0 aliphatic carbocycles. The molecule has 116 valence electrons. The highest BCUT2D eigenvalue weighted by molar-refractivity contribution is 6.03. The zero-order chi connectivity index (χ0) is 15.9. The molecule has 0 radical (unpaired) electrons. The number of carbonyl (C=O) groups excluding carboxylic acids is 2. The molecule has 0 heterocycles. The van der Waals surface area contributed by atoms with Gasteiger partial charge in [0.25, 0.3) is 0 Å². The second-order valence-corrected chi connectivity index (χ2v) is 4.98. The van der Waals surface area contributed by atoms with Crippen molar-refractivity contribution in [2.24, 2.45) is 0 Å². The molecule has 4 heteroatoms. The summed E-state index contributed by atoms with van der Waals surface area (Å²) in [6, 6.07) is 11.5. The van der Waals surface area contributed by atoms with E-state index in [4.69, 9.17) is 9.47 Å². The van der Waals surface area contributed by atoms with Gasteiger partial charge in [-0.1, -0.05) is 30.3 Å². The van der Waals surface area contributed by atoms with E-state index >= 15 is 0 Å². The van der Waals surface area contributed by atoms with Gasteiger partial charge in [0.05, 0.1) is 18.8 Å². The van der Waals surface area contributed by atoms with Crippen molar-refractivity contribution in [3.05, 3.63) is 42.0 Å². The third-order valence-corrected chi connectivity index (χ3v) is 3.34. The van der Waals surface area contributed by atoms with Crippen molar-refractivity contribution in [2.45, 2.75) is 26.7 Å². The van der Waals surface area contributed by atoms with Crippen LogP contribution in [0.1, 0.15) is 37.0 Å². The van der Waals surface area contributed by atoms with E-state index in [0.717, 1.165) is 10.8 Å². The summed E-state index contributed by atoms with van der Waals surface area (Å²) in [5.74, 6) is 0.330. The molecule has 0 bridgehead atoms. The summed E-state index contributed by atoms with van der Waals surface area (Å²) >= 11 is 0. The Morgan fingerprint density at radius 3 is 2.59 bits per heavy atom. The minimum atomic E-state index is -0.226. The first-order valence-corrected chi connectivity index (χ1v) is 7.44. The summed E-state index contributed by atoms with van der Waals surface area (Å²) in [4.78, 5) is 23.1. The summed E-state index contributed by atoms with van der Waals surface area (Å²) in [7, 11) is 0. The Morgan fingerprint density at radius 1 is 1.09 bits per heavy atom. The van der Waals surface area contributed by atoms with E-state index in [2.05, 4.69) is 0 Å². The van der Waals surface area contributed by atoms with Crippen LogP contribution >= 0.6 is 0 Å². The van der Waals surface area contributed by atoms with E-state index in [1.807, 2.05) is 30.3 Å². The topological polar surface area (TPSA) is 52.6 Å². The van der Waals surface area contributed by atoms with Crippen LogP contribution in [0.15, 0.2) is 36.4 Å². The smallest absolute Gasteiger partial charge is 0.305 e. The Labute approximate surface area is 130 Å². The predicted molar refractivity (Wildman–Crippen MR) is 85.3 cm³/mol. The molecular weight excluding hydrogens is 280 g/mol. The number of ketones is 1. The van der Waals surface area contributed by atoms with E-state index in [1.54, 1.807) is 13.0 Å². The zero-order valence-corrected chi connectivity index (χ0v) is 12.9. The molecule has 0 N–H and O–H groups in total. The molecule has 0 unspecified atom stereocenters. The van der Waals surface area contributed by atoms with Gasteiger partial charge in [-0.25, -0.2) is 0 Å². The van der Waals surface area contributed by atoms with Gasteiger partial charge in [-0.2, -0.15) is 0 Å². The molecule has 0 aromatic heterocycles. The van der Waals surface area contributed by atoms with Crippen LogP contribution in [-0.4, -0.2) is 25.0 Å². The van der Waals surface area contributed by atoms with Crippen molar-refractivity contribution in [2.75, 3.05) is 13.2 Å². The van der Waals surface area contributed by atoms with Gasteiger partial charge < -0.3 is 9.47 Å². The fourth-order valence-corrected chi connectivity index (χ4v) is 2.30. The monoisotopic (exact) mass is 300 g/mol. The average Bonchev–Trinajstić information content (AvgIpc) is 2.51. The molecule has 2 aromatic rings. The molecule has 0 saturated carbocycles. The van der Waals surface area contributed by atoms with Gasteiger partial charge in [-0.05, 0) is 31.7 Å². The highest BCUT2D eigenvalue weighted by Crippen LogP contribution is 2.30. The Hall–Kier alpha value is -2.36. The van der Waals surface area contributed by atoms with Gasteiger partial charge in [0.1, 0.15) is 5.75 Å². The van der Waals surface area contributed by atoms with Crippen LogP contribution in [0, 0.1) is 0 Å². The number of ether oxygens (including phenoxy) is 2. The molecular formula is C18H20O4. The largest absolute Gasteiger partial charge is 0.492 e. The summed E-state index contributed by atoms with van der Waals surface area (Å²) in [5, 5.41) is 1.93. The number of hydrogen-bond donors (Lipinski definition) is 0. The Balaban J connectivity index is 2.13. The lowest BCUT2D eigenvalue weighted by Gasteiger charge is -2.13. The number of benzene rings is 2. The lowest BCUT2D eigenvalue weighted by atomic mass is 10.0.